The summed E-state index contributed by atoms with van der Waals surface area (Å²) in [5.74, 6) is -2.78. The Labute approximate surface area is 114 Å². The molecule has 0 aliphatic carbocycles. The molecule has 0 aliphatic heterocycles. The van der Waals surface area contributed by atoms with Gasteiger partial charge >= 0.3 is 0 Å². The molecule has 1 amide bonds. The van der Waals surface area contributed by atoms with Crippen molar-refractivity contribution in [2.45, 2.75) is 13.3 Å². The number of aromatic nitrogens is 2. The zero-order valence-electron chi connectivity index (χ0n) is 11.1. The van der Waals surface area contributed by atoms with Crippen LogP contribution in [0.2, 0.25) is 0 Å². The van der Waals surface area contributed by atoms with Crippen LogP contribution in [0.4, 0.5) is 20.2 Å². The normalized spacial score (nSPS) is 10.6. The van der Waals surface area contributed by atoms with Crippen LogP contribution in [0, 0.1) is 11.6 Å². The van der Waals surface area contributed by atoms with E-state index in [1.165, 1.54) is 16.8 Å². The van der Waals surface area contributed by atoms with E-state index < -0.39 is 17.5 Å². The lowest BCUT2D eigenvalue weighted by Gasteiger charge is -2.07. The van der Waals surface area contributed by atoms with Gasteiger partial charge in [0.05, 0.1) is 17.1 Å². The lowest BCUT2D eigenvalue weighted by atomic mass is 10.2. The highest BCUT2D eigenvalue weighted by Gasteiger charge is 2.20. The van der Waals surface area contributed by atoms with Gasteiger partial charge < -0.3 is 11.1 Å². The summed E-state index contributed by atoms with van der Waals surface area (Å²) in [6, 6.07) is 3.54. The molecular weight excluding hydrogens is 266 g/mol. The molecule has 20 heavy (non-hydrogen) atoms. The number of hydrogen-bond acceptors (Lipinski definition) is 3. The number of nitrogens with two attached hydrogens (primary N) is 1. The van der Waals surface area contributed by atoms with Crippen LogP contribution in [0.1, 0.15) is 23.1 Å². The first-order chi connectivity index (χ1) is 9.45. The molecule has 0 radical (unpaired) electrons. The summed E-state index contributed by atoms with van der Waals surface area (Å²) < 4.78 is 27.9. The summed E-state index contributed by atoms with van der Waals surface area (Å²) >= 11 is 0. The van der Waals surface area contributed by atoms with Gasteiger partial charge in [-0.15, -0.1) is 0 Å². The van der Waals surface area contributed by atoms with Crippen molar-refractivity contribution in [3.63, 3.8) is 0 Å². The molecule has 5 nitrogen and oxygen atoms in total. The highest BCUT2D eigenvalue weighted by Crippen LogP contribution is 2.21. The number of nitrogens with zero attached hydrogens (tertiary/aromatic N) is 2. The summed E-state index contributed by atoms with van der Waals surface area (Å²) in [7, 11) is 1.56. The third-order valence-corrected chi connectivity index (χ3v) is 2.91. The maximum absolute atomic E-state index is 13.5. The lowest BCUT2D eigenvalue weighted by Crippen LogP contribution is -2.18. The fourth-order valence-electron chi connectivity index (χ4n) is 1.91. The van der Waals surface area contributed by atoms with E-state index in [4.69, 9.17) is 5.73 Å². The summed E-state index contributed by atoms with van der Waals surface area (Å²) in [6.07, 6.45) is 0.571. The van der Waals surface area contributed by atoms with E-state index in [0.29, 0.717) is 12.1 Å². The van der Waals surface area contributed by atoms with Gasteiger partial charge in [-0.05, 0) is 18.6 Å². The molecule has 0 fully saturated rings. The average Bonchev–Trinajstić information content (AvgIpc) is 2.69. The summed E-state index contributed by atoms with van der Waals surface area (Å²) in [6.45, 7) is 1.85. The summed E-state index contributed by atoms with van der Waals surface area (Å²) in [5, 5.41) is 6.39. The van der Waals surface area contributed by atoms with Crippen molar-refractivity contribution < 1.29 is 13.6 Å². The Morgan fingerprint density at radius 1 is 1.45 bits per heavy atom. The first-order valence-electron chi connectivity index (χ1n) is 6.02. The van der Waals surface area contributed by atoms with Crippen LogP contribution < -0.4 is 11.1 Å². The number of nitrogen functional groups attached to an aromatic ring is 1. The SMILES string of the molecule is CCc1nn(C)c(C(=O)Nc2cccc(F)c2F)c1N. The van der Waals surface area contributed by atoms with E-state index in [9.17, 15) is 13.6 Å². The monoisotopic (exact) mass is 280 g/mol. The molecule has 1 heterocycles. The highest BCUT2D eigenvalue weighted by atomic mass is 19.2. The largest absolute Gasteiger partial charge is 0.395 e. The van der Waals surface area contributed by atoms with E-state index in [1.807, 2.05) is 6.92 Å². The average molecular weight is 280 g/mol. The van der Waals surface area contributed by atoms with Crippen LogP contribution in [0.15, 0.2) is 18.2 Å². The van der Waals surface area contributed by atoms with Crippen LogP contribution in [-0.2, 0) is 13.5 Å². The first kappa shape index (κ1) is 14.0. The van der Waals surface area contributed by atoms with Gasteiger partial charge in [-0.3, -0.25) is 9.48 Å². The van der Waals surface area contributed by atoms with Crippen LogP contribution in [0.5, 0.6) is 0 Å². The van der Waals surface area contributed by atoms with Gasteiger partial charge in [0.25, 0.3) is 5.91 Å². The molecule has 0 bridgehead atoms. The topological polar surface area (TPSA) is 72.9 Å². The van der Waals surface area contributed by atoms with E-state index in [1.54, 1.807) is 7.05 Å². The maximum Gasteiger partial charge on any atom is 0.276 e. The second-order valence-electron chi connectivity index (χ2n) is 4.24. The number of halogens is 2. The van der Waals surface area contributed by atoms with Crippen molar-refractivity contribution in [2.24, 2.45) is 7.05 Å². The van der Waals surface area contributed by atoms with Gasteiger partial charge in [-0.1, -0.05) is 13.0 Å². The Balaban J connectivity index is 2.33. The van der Waals surface area contributed by atoms with Gasteiger partial charge in [-0.2, -0.15) is 5.10 Å². The van der Waals surface area contributed by atoms with Gasteiger partial charge in [0.1, 0.15) is 5.69 Å². The van der Waals surface area contributed by atoms with Gasteiger partial charge in [-0.25, -0.2) is 8.78 Å². The van der Waals surface area contributed by atoms with Crippen molar-refractivity contribution in [2.75, 3.05) is 11.1 Å². The van der Waals surface area contributed by atoms with E-state index in [2.05, 4.69) is 10.4 Å². The van der Waals surface area contributed by atoms with Crippen molar-refractivity contribution in [3.8, 4) is 0 Å². The number of hydrogen-bond donors (Lipinski definition) is 2. The molecule has 0 spiro atoms. The molecule has 7 heteroatoms. The second kappa shape index (κ2) is 5.28. The molecule has 0 saturated heterocycles. The quantitative estimate of drug-likeness (QED) is 0.904. The fraction of sp³-hybridized carbons (Fsp3) is 0.231. The number of carbonyl (C=O) groups is 1. The molecule has 0 atom stereocenters. The molecule has 2 aromatic rings. The molecule has 1 aromatic carbocycles. The number of anilines is 2. The highest BCUT2D eigenvalue weighted by molar-refractivity contribution is 6.06. The zero-order valence-corrected chi connectivity index (χ0v) is 11.1. The predicted octanol–water partition coefficient (Wildman–Crippen LogP) is 2.10. The first-order valence-corrected chi connectivity index (χ1v) is 6.02. The minimum Gasteiger partial charge on any atom is -0.395 e. The zero-order chi connectivity index (χ0) is 14.9. The minimum absolute atomic E-state index is 0.116. The number of rotatable bonds is 3. The third-order valence-electron chi connectivity index (χ3n) is 2.91. The minimum atomic E-state index is -1.11. The molecule has 0 saturated carbocycles. The standard InChI is InChI=1S/C13H14F2N4O/c1-3-8-11(16)12(19(2)18-8)13(20)17-9-6-4-5-7(14)10(9)15/h4-6H,3,16H2,1-2H3,(H,17,20). The smallest absolute Gasteiger partial charge is 0.276 e. The Bertz CT molecular complexity index is 667. The number of benzene rings is 1. The predicted molar refractivity (Wildman–Crippen MR) is 71.3 cm³/mol. The summed E-state index contributed by atoms with van der Waals surface area (Å²) in [5.41, 5.74) is 6.52. The lowest BCUT2D eigenvalue weighted by molar-refractivity contribution is 0.101. The molecule has 1 aromatic heterocycles. The molecular formula is C13H14F2N4O. The van der Waals surface area contributed by atoms with Gasteiger partial charge in [0.2, 0.25) is 0 Å². The van der Waals surface area contributed by atoms with Crippen LogP contribution in [0.3, 0.4) is 0 Å². The van der Waals surface area contributed by atoms with E-state index in [-0.39, 0.29) is 17.1 Å². The molecule has 106 valence electrons. The van der Waals surface area contributed by atoms with Crippen LogP contribution in [-0.4, -0.2) is 15.7 Å². The van der Waals surface area contributed by atoms with Crippen LogP contribution >= 0.6 is 0 Å². The van der Waals surface area contributed by atoms with Gasteiger partial charge in [0, 0.05) is 7.05 Å². The number of carbonyl (C=O) groups excluding carboxylic acids is 1. The fourth-order valence-corrected chi connectivity index (χ4v) is 1.91. The van der Waals surface area contributed by atoms with Crippen molar-refractivity contribution in [1.29, 1.82) is 0 Å². The Kier molecular flexibility index (Phi) is 3.69. The van der Waals surface area contributed by atoms with E-state index >= 15 is 0 Å². The number of amides is 1. The Morgan fingerprint density at radius 3 is 2.75 bits per heavy atom. The molecule has 3 N–H and O–H groups in total. The van der Waals surface area contributed by atoms with Crippen molar-refractivity contribution in [1.82, 2.24) is 9.78 Å². The molecule has 2 rings (SSSR count). The van der Waals surface area contributed by atoms with Crippen LogP contribution in [0.25, 0.3) is 0 Å². The third kappa shape index (κ3) is 2.34. The van der Waals surface area contributed by atoms with Crippen molar-refractivity contribution >= 4 is 17.3 Å². The second-order valence-corrected chi connectivity index (χ2v) is 4.24. The molecule has 0 aliphatic rings. The number of nitrogens with one attached hydrogen (secondary N) is 1. The summed E-state index contributed by atoms with van der Waals surface area (Å²) in [4.78, 5) is 12.1. The Hall–Kier alpha value is -2.44. The van der Waals surface area contributed by atoms with E-state index in [0.717, 1.165) is 6.07 Å². The maximum atomic E-state index is 13.5. The number of aryl methyl sites for hydroxylation is 2. The van der Waals surface area contributed by atoms with Crippen molar-refractivity contribution in [3.05, 3.63) is 41.2 Å². The van der Waals surface area contributed by atoms with Gasteiger partial charge in [0.15, 0.2) is 11.6 Å². The molecule has 0 unspecified atom stereocenters. The Morgan fingerprint density at radius 2 is 2.15 bits per heavy atom.